The first-order valence-corrected chi connectivity index (χ1v) is 9.66. The number of anilines is 1. The molecule has 3 N–H and O–H groups in total. The Labute approximate surface area is 157 Å². The predicted octanol–water partition coefficient (Wildman–Crippen LogP) is 3.50. The van der Waals surface area contributed by atoms with Crippen molar-refractivity contribution in [1.82, 2.24) is 4.72 Å². The summed E-state index contributed by atoms with van der Waals surface area (Å²) in [6, 6.07) is 22.9. The minimum absolute atomic E-state index is 0.0153. The first-order chi connectivity index (χ1) is 12.9. The van der Waals surface area contributed by atoms with Crippen LogP contribution in [-0.2, 0) is 16.8 Å². The van der Waals surface area contributed by atoms with Crippen LogP contribution >= 0.6 is 0 Å². The molecule has 0 fully saturated rings. The maximum absolute atomic E-state index is 12.2. The van der Waals surface area contributed by atoms with E-state index in [1.807, 2.05) is 42.5 Å². The summed E-state index contributed by atoms with van der Waals surface area (Å²) in [7, 11) is -3.79. The topological polar surface area (TPSA) is 95.5 Å². The van der Waals surface area contributed by atoms with Crippen LogP contribution in [-0.4, -0.2) is 19.5 Å². The fraction of sp³-hybridized carbons (Fsp3) is 0.0500. The third-order valence-electron chi connectivity index (χ3n) is 3.88. The molecular weight excluding hydrogens is 364 g/mol. The highest BCUT2D eigenvalue weighted by atomic mass is 32.2. The van der Waals surface area contributed by atoms with E-state index in [0.717, 1.165) is 11.1 Å². The van der Waals surface area contributed by atoms with E-state index in [0.29, 0.717) is 11.3 Å². The van der Waals surface area contributed by atoms with E-state index in [1.54, 1.807) is 24.3 Å². The van der Waals surface area contributed by atoms with Gasteiger partial charge in [0, 0.05) is 12.2 Å². The fourth-order valence-corrected chi connectivity index (χ4v) is 3.42. The van der Waals surface area contributed by atoms with Crippen LogP contribution in [0.5, 0.6) is 0 Å². The molecule has 0 unspecified atom stereocenters. The number of hydrogen-bond donors (Lipinski definition) is 3. The van der Waals surface area contributed by atoms with E-state index < -0.39 is 16.2 Å². The third kappa shape index (κ3) is 5.16. The fourth-order valence-electron chi connectivity index (χ4n) is 2.55. The summed E-state index contributed by atoms with van der Waals surface area (Å²) >= 11 is 0. The molecular formula is C20H18N2O4S. The molecule has 138 valence electrons. The second-order valence-corrected chi connectivity index (χ2v) is 7.38. The number of nitrogens with one attached hydrogen (secondary N) is 2. The molecule has 3 aromatic carbocycles. The number of carboxylic acid groups (broad SMARTS) is 1. The molecule has 0 aromatic heterocycles. The van der Waals surface area contributed by atoms with Crippen LogP contribution in [0.2, 0.25) is 0 Å². The Balaban J connectivity index is 1.64. The molecule has 0 aliphatic rings. The first-order valence-electron chi connectivity index (χ1n) is 8.18. The second-order valence-electron chi connectivity index (χ2n) is 5.88. The second kappa shape index (κ2) is 8.03. The van der Waals surface area contributed by atoms with E-state index in [1.165, 1.54) is 12.1 Å². The molecule has 6 nitrogen and oxygen atoms in total. The van der Waals surface area contributed by atoms with Crippen LogP contribution in [0.4, 0.5) is 5.69 Å². The number of rotatable bonds is 7. The van der Waals surface area contributed by atoms with Gasteiger partial charge in [0.1, 0.15) is 0 Å². The van der Waals surface area contributed by atoms with E-state index in [-0.39, 0.29) is 12.1 Å². The lowest BCUT2D eigenvalue weighted by molar-refractivity contribution is 0.0696. The monoisotopic (exact) mass is 382 g/mol. The summed E-state index contributed by atoms with van der Waals surface area (Å²) in [5, 5.41) is 8.99. The summed E-state index contributed by atoms with van der Waals surface area (Å²) in [6.45, 7) is -0.0153. The number of benzene rings is 3. The molecule has 0 amide bonds. The van der Waals surface area contributed by atoms with Gasteiger partial charge >= 0.3 is 5.97 Å². The SMILES string of the molecule is O=C(O)c1cccc(CNS(=O)(=O)Nc2ccc(-c3ccccc3)cc2)c1. The van der Waals surface area contributed by atoms with E-state index in [2.05, 4.69) is 9.44 Å². The minimum atomic E-state index is -3.79. The number of hydrogen-bond acceptors (Lipinski definition) is 3. The Hall–Kier alpha value is -3.16. The zero-order chi connectivity index (χ0) is 19.3. The number of aromatic carboxylic acids is 1. The highest BCUT2D eigenvalue weighted by molar-refractivity contribution is 7.90. The van der Waals surface area contributed by atoms with Gasteiger partial charge in [-0.2, -0.15) is 13.1 Å². The van der Waals surface area contributed by atoms with Crippen molar-refractivity contribution in [3.8, 4) is 11.1 Å². The van der Waals surface area contributed by atoms with E-state index >= 15 is 0 Å². The van der Waals surface area contributed by atoms with Crippen LogP contribution < -0.4 is 9.44 Å². The van der Waals surface area contributed by atoms with Gasteiger partial charge in [-0.05, 0) is 41.0 Å². The van der Waals surface area contributed by atoms with Crippen LogP contribution in [0.1, 0.15) is 15.9 Å². The summed E-state index contributed by atoms with van der Waals surface area (Å²) in [5.41, 5.74) is 3.12. The molecule has 0 saturated heterocycles. The molecule has 3 aromatic rings. The lowest BCUT2D eigenvalue weighted by Gasteiger charge is -2.10. The van der Waals surface area contributed by atoms with Crippen LogP contribution in [0, 0.1) is 0 Å². The van der Waals surface area contributed by atoms with Gasteiger partial charge in [-0.3, -0.25) is 4.72 Å². The van der Waals surface area contributed by atoms with Gasteiger partial charge in [0.25, 0.3) is 10.2 Å². The molecule has 0 aliphatic carbocycles. The Morgan fingerprint density at radius 3 is 2.19 bits per heavy atom. The van der Waals surface area contributed by atoms with Gasteiger partial charge in [-0.15, -0.1) is 0 Å². The molecule has 7 heteroatoms. The van der Waals surface area contributed by atoms with Gasteiger partial charge in [-0.1, -0.05) is 54.6 Å². The Kier molecular flexibility index (Phi) is 5.54. The molecule has 0 atom stereocenters. The van der Waals surface area contributed by atoms with Crippen molar-refractivity contribution in [2.75, 3.05) is 4.72 Å². The average Bonchev–Trinajstić information content (AvgIpc) is 2.68. The van der Waals surface area contributed by atoms with Crippen molar-refractivity contribution in [1.29, 1.82) is 0 Å². The van der Waals surface area contributed by atoms with Gasteiger partial charge < -0.3 is 5.11 Å². The third-order valence-corrected chi connectivity index (χ3v) is 4.91. The predicted molar refractivity (Wildman–Crippen MR) is 105 cm³/mol. The van der Waals surface area contributed by atoms with Crippen molar-refractivity contribution >= 4 is 21.9 Å². The maximum Gasteiger partial charge on any atom is 0.335 e. The van der Waals surface area contributed by atoms with Crippen LogP contribution in [0.15, 0.2) is 78.9 Å². The van der Waals surface area contributed by atoms with Crippen molar-refractivity contribution in [3.63, 3.8) is 0 Å². The lowest BCUT2D eigenvalue weighted by atomic mass is 10.1. The number of carboxylic acids is 1. The Morgan fingerprint density at radius 1 is 0.852 bits per heavy atom. The summed E-state index contributed by atoms with van der Waals surface area (Å²) in [5.74, 6) is -1.06. The van der Waals surface area contributed by atoms with E-state index in [4.69, 9.17) is 5.11 Å². The molecule has 0 radical (unpaired) electrons. The van der Waals surface area contributed by atoms with Gasteiger partial charge in [0.05, 0.1) is 5.56 Å². The molecule has 0 saturated carbocycles. The largest absolute Gasteiger partial charge is 0.478 e. The summed E-state index contributed by atoms with van der Waals surface area (Å²) in [4.78, 5) is 11.0. The molecule has 0 spiro atoms. The zero-order valence-electron chi connectivity index (χ0n) is 14.3. The summed E-state index contributed by atoms with van der Waals surface area (Å²) < 4.78 is 29.3. The van der Waals surface area contributed by atoms with Crippen molar-refractivity contribution in [3.05, 3.63) is 90.0 Å². The standard InChI is InChI=1S/C20H18N2O4S/c23-20(24)18-8-4-5-15(13-18)14-21-27(25,26)22-19-11-9-17(10-12-19)16-6-2-1-3-7-16/h1-13,21-22H,14H2,(H,23,24). The zero-order valence-corrected chi connectivity index (χ0v) is 15.1. The molecule has 0 heterocycles. The van der Waals surface area contributed by atoms with Crippen LogP contribution in [0.3, 0.4) is 0 Å². The highest BCUT2D eigenvalue weighted by Gasteiger charge is 2.11. The van der Waals surface area contributed by atoms with Crippen molar-refractivity contribution in [2.45, 2.75) is 6.54 Å². The van der Waals surface area contributed by atoms with E-state index in [9.17, 15) is 13.2 Å². The Morgan fingerprint density at radius 2 is 1.52 bits per heavy atom. The molecule has 0 aliphatic heterocycles. The quantitative estimate of drug-likeness (QED) is 0.583. The summed E-state index contributed by atoms with van der Waals surface area (Å²) in [6.07, 6.45) is 0. The molecule has 27 heavy (non-hydrogen) atoms. The smallest absolute Gasteiger partial charge is 0.335 e. The van der Waals surface area contributed by atoms with Crippen molar-refractivity contribution in [2.24, 2.45) is 0 Å². The lowest BCUT2D eigenvalue weighted by Crippen LogP contribution is -2.29. The first kappa shape index (κ1) is 18.6. The maximum atomic E-state index is 12.2. The highest BCUT2D eigenvalue weighted by Crippen LogP contribution is 2.21. The Bertz CT molecular complexity index is 1030. The van der Waals surface area contributed by atoms with Gasteiger partial charge in [0.15, 0.2) is 0 Å². The molecule has 0 bridgehead atoms. The van der Waals surface area contributed by atoms with Crippen molar-refractivity contribution < 1.29 is 18.3 Å². The minimum Gasteiger partial charge on any atom is -0.478 e. The van der Waals surface area contributed by atoms with Gasteiger partial charge in [0.2, 0.25) is 0 Å². The van der Waals surface area contributed by atoms with Gasteiger partial charge in [-0.25, -0.2) is 4.79 Å². The van der Waals surface area contributed by atoms with Crippen LogP contribution in [0.25, 0.3) is 11.1 Å². The average molecular weight is 382 g/mol. The molecule has 3 rings (SSSR count). The number of carbonyl (C=O) groups is 1. The normalized spacial score (nSPS) is 11.1.